The van der Waals surface area contributed by atoms with Crippen molar-refractivity contribution in [2.45, 2.75) is 297 Å². The lowest BCUT2D eigenvalue weighted by atomic mass is 10.0. The lowest BCUT2D eigenvalue weighted by Crippen LogP contribution is -2.30. The maximum absolute atomic E-state index is 12.9. The van der Waals surface area contributed by atoms with Crippen molar-refractivity contribution in [3.05, 3.63) is 109 Å². The van der Waals surface area contributed by atoms with Crippen LogP contribution in [0.15, 0.2) is 109 Å². The number of unbranched alkanes of at least 4 members (excludes halogenated alkanes) is 27. The Balaban J connectivity index is 4.40. The van der Waals surface area contributed by atoms with Crippen LogP contribution in [0, 0.1) is 0 Å². The van der Waals surface area contributed by atoms with Crippen LogP contribution >= 0.6 is 0 Å². The van der Waals surface area contributed by atoms with Gasteiger partial charge in [0.05, 0.1) is 0 Å². The van der Waals surface area contributed by atoms with Gasteiger partial charge < -0.3 is 14.2 Å². The minimum absolute atomic E-state index is 0.0950. The van der Waals surface area contributed by atoms with Crippen molar-refractivity contribution in [1.29, 1.82) is 0 Å². The van der Waals surface area contributed by atoms with Crippen molar-refractivity contribution in [2.24, 2.45) is 0 Å². The smallest absolute Gasteiger partial charge is 0.306 e. The van der Waals surface area contributed by atoms with Gasteiger partial charge in [0.25, 0.3) is 0 Å². The Kier molecular flexibility index (Phi) is 59.3. The molecule has 6 heteroatoms. The van der Waals surface area contributed by atoms with Gasteiger partial charge in [-0.3, -0.25) is 14.4 Å². The first kappa shape index (κ1) is 71.1. The predicted molar refractivity (Wildman–Crippen MR) is 325 cm³/mol. The molecule has 1 unspecified atom stereocenters. The van der Waals surface area contributed by atoms with E-state index in [1.54, 1.807) is 0 Å². The summed E-state index contributed by atoms with van der Waals surface area (Å²) >= 11 is 0. The molecule has 0 amide bonds. The molecule has 0 aromatic rings. The number of rotatable bonds is 56. The van der Waals surface area contributed by atoms with E-state index < -0.39 is 6.10 Å². The summed E-state index contributed by atoms with van der Waals surface area (Å²) in [5.41, 5.74) is 0. The summed E-state index contributed by atoms with van der Waals surface area (Å²) in [6.07, 6.45) is 85.2. The second-order valence-corrected chi connectivity index (χ2v) is 20.6. The number of carbonyl (C=O) groups excluding carboxylic acids is 3. The van der Waals surface area contributed by atoms with E-state index in [4.69, 9.17) is 14.2 Å². The van der Waals surface area contributed by atoms with Crippen molar-refractivity contribution in [3.63, 3.8) is 0 Å². The summed E-state index contributed by atoms with van der Waals surface area (Å²) in [6, 6.07) is 0. The highest BCUT2D eigenvalue weighted by Crippen LogP contribution is 2.16. The van der Waals surface area contributed by atoms with Gasteiger partial charge >= 0.3 is 17.9 Å². The summed E-state index contributed by atoms with van der Waals surface area (Å²) in [5.74, 6) is -0.941. The molecule has 0 aliphatic heterocycles. The molecule has 0 saturated heterocycles. The molecule has 6 nitrogen and oxygen atoms in total. The minimum atomic E-state index is -0.800. The summed E-state index contributed by atoms with van der Waals surface area (Å²) in [4.78, 5) is 38.2. The number of hydrogen-bond acceptors (Lipinski definition) is 6. The predicted octanol–water partition coefficient (Wildman–Crippen LogP) is 21.4. The van der Waals surface area contributed by atoms with E-state index in [1.165, 1.54) is 135 Å². The normalized spacial score (nSPS) is 12.8. The van der Waals surface area contributed by atoms with Gasteiger partial charge in [-0.15, -0.1) is 0 Å². The minimum Gasteiger partial charge on any atom is -0.462 e. The van der Waals surface area contributed by atoms with Crippen LogP contribution < -0.4 is 0 Å². The molecule has 0 spiro atoms. The van der Waals surface area contributed by atoms with Gasteiger partial charge in [0.15, 0.2) is 6.10 Å². The Morgan fingerprint density at radius 1 is 0.280 bits per heavy atom. The molecule has 0 aromatic carbocycles. The number of esters is 3. The molecule has 0 saturated carbocycles. The standard InChI is InChI=1S/C69H116O6/c1-4-7-10-13-16-19-22-25-27-29-31-32-33-34-35-36-37-38-39-41-42-44-47-50-53-56-59-62-68(71)74-65-66(64-73-67(70)61-58-55-52-49-46-24-21-18-15-12-9-6-3)75-69(72)63-60-57-54-51-48-45-43-40-30-28-26-23-20-17-14-11-8-5-2/h7,10,16,18-19,21,25,27,31-32,34-35,37-38,41-42,47,50,66H,4-6,8-9,11-15,17,20,22-24,26,28-30,33,36,39-40,43-46,48-49,51-65H2,1-3H3/b10-7-,19-16-,21-18-,27-25-,32-31-,35-34-,38-37-,42-41-,50-47-. The fourth-order valence-electron chi connectivity index (χ4n) is 8.57. The Morgan fingerprint density at radius 3 is 0.880 bits per heavy atom. The molecule has 75 heavy (non-hydrogen) atoms. The molecule has 0 aliphatic rings. The van der Waals surface area contributed by atoms with Crippen molar-refractivity contribution >= 4 is 17.9 Å². The van der Waals surface area contributed by atoms with Crippen LogP contribution in [0.2, 0.25) is 0 Å². The average molecular weight is 1040 g/mol. The van der Waals surface area contributed by atoms with E-state index >= 15 is 0 Å². The highest BCUT2D eigenvalue weighted by molar-refractivity contribution is 5.71. The molecule has 1 atom stereocenters. The number of hydrogen-bond donors (Lipinski definition) is 0. The van der Waals surface area contributed by atoms with Gasteiger partial charge in [-0.2, -0.15) is 0 Å². The van der Waals surface area contributed by atoms with E-state index in [0.717, 1.165) is 116 Å². The largest absolute Gasteiger partial charge is 0.462 e. The van der Waals surface area contributed by atoms with Crippen LogP contribution in [-0.2, 0) is 28.6 Å². The third-order valence-electron chi connectivity index (χ3n) is 13.3. The van der Waals surface area contributed by atoms with Crippen molar-refractivity contribution < 1.29 is 28.6 Å². The van der Waals surface area contributed by atoms with E-state index in [9.17, 15) is 14.4 Å². The zero-order valence-electron chi connectivity index (χ0n) is 49.0. The Hall–Kier alpha value is -3.93. The fourth-order valence-corrected chi connectivity index (χ4v) is 8.57. The SMILES string of the molecule is CC/C=C\C/C=C\C/C=C\C/C=C\C/C=C\C/C=C\C/C=C\C/C=C\CCCCC(=O)OCC(COC(=O)CCCCCCC/C=C\CCCCC)OC(=O)CCCCCCCCCCCCCCCCCCCC. The molecule has 0 aliphatic carbocycles. The Bertz CT molecular complexity index is 1520. The van der Waals surface area contributed by atoms with Crippen LogP contribution in [0.1, 0.15) is 290 Å². The number of allylic oxidation sites excluding steroid dienone is 18. The van der Waals surface area contributed by atoms with Gasteiger partial charge in [-0.05, 0) is 109 Å². The molecule has 0 aromatic heterocycles. The van der Waals surface area contributed by atoms with Gasteiger partial charge in [-0.25, -0.2) is 0 Å². The third-order valence-corrected chi connectivity index (χ3v) is 13.3. The van der Waals surface area contributed by atoms with Crippen molar-refractivity contribution in [1.82, 2.24) is 0 Å². The zero-order chi connectivity index (χ0) is 54.3. The third kappa shape index (κ3) is 60.8. The first-order chi connectivity index (χ1) is 37.0. The van der Waals surface area contributed by atoms with E-state index in [0.29, 0.717) is 19.3 Å². The zero-order valence-corrected chi connectivity index (χ0v) is 49.0. The molecule has 0 bridgehead atoms. The van der Waals surface area contributed by atoms with Gasteiger partial charge in [0, 0.05) is 19.3 Å². The average Bonchev–Trinajstić information content (AvgIpc) is 3.41. The topological polar surface area (TPSA) is 78.9 Å². The monoisotopic (exact) mass is 1040 g/mol. The molecule has 0 N–H and O–H groups in total. The Labute approximate surface area is 463 Å². The van der Waals surface area contributed by atoms with Gasteiger partial charge in [0.1, 0.15) is 13.2 Å². The van der Waals surface area contributed by atoms with Crippen molar-refractivity contribution in [2.75, 3.05) is 13.2 Å². The van der Waals surface area contributed by atoms with Crippen molar-refractivity contribution in [3.8, 4) is 0 Å². The quantitative estimate of drug-likeness (QED) is 0.0261. The molecule has 428 valence electrons. The summed E-state index contributed by atoms with van der Waals surface area (Å²) in [6.45, 7) is 6.48. The molecule has 0 rings (SSSR count). The molecular formula is C69H116O6. The van der Waals surface area contributed by atoms with Crippen LogP contribution in [-0.4, -0.2) is 37.2 Å². The van der Waals surface area contributed by atoms with Gasteiger partial charge in [0.2, 0.25) is 0 Å². The molecule has 0 fully saturated rings. The fraction of sp³-hybridized carbons (Fsp3) is 0.696. The van der Waals surface area contributed by atoms with Gasteiger partial charge in [-0.1, -0.05) is 271 Å². The highest BCUT2D eigenvalue weighted by atomic mass is 16.6. The maximum atomic E-state index is 12.9. The molecule has 0 radical (unpaired) electrons. The van der Waals surface area contributed by atoms with Crippen LogP contribution in [0.5, 0.6) is 0 Å². The second-order valence-electron chi connectivity index (χ2n) is 20.6. The highest BCUT2D eigenvalue weighted by Gasteiger charge is 2.19. The molecular weight excluding hydrogens is 925 g/mol. The van der Waals surface area contributed by atoms with Crippen LogP contribution in [0.3, 0.4) is 0 Å². The molecule has 0 heterocycles. The summed E-state index contributed by atoms with van der Waals surface area (Å²) < 4.78 is 16.9. The summed E-state index contributed by atoms with van der Waals surface area (Å²) in [5, 5.41) is 0. The van der Waals surface area contributed by atoms with Crippen LogP contribution in [0.4, 0.5) is 0 Å². The van der Waals surface area contributed by atoms with Crippen LogP contribution in [0.25, 0.3) is 0 Å². The van der Waals surface area contributed by atoms with E-state index in [2.05, 4.69) is 130 Å². The Morgan fingerprint density at radius 2 is 0.520 bits per heavy atom. The van der Waals surface area contributed by atoms with E-state index in [1.807, 2.05) is 0 Å². The lowest BCUT2D eigenvalue weighted by molar-refractivity contribution is -0.167. The second kappa shape index (κ2) is 62.6. The summed E-state index contributed by atoms with van der Waals surface area (Å²) in [7, 11) is 0. The lowest BCUT2D eigenvalue weighted by Gasteiger charge is -2.18. The maximum Gasteiger partial charge on any atom is 0.306 e. The first-order valence-electron chi connectivity index (χ1n) is 31.4. The number of ether oxygens (including phenoxy) is 3. The van der Waals surface area contributed by atoms with E-state index in [-0.39, 0.29) is 31.1 Å². The first-order valence-corrected chi connectivity index (χ1v) is 31.4. The number of carbonyl (C=O) groups is 3.